The molecule has 2 aliphatic rings. The predicted octanol–water partition coefficient (Wildman–Crippen LogP) is 5.47. The molecule has 2 aromatic heterocycles. The van der Waals surface area contributed by atoms with Crippen LogP contribution in [0.3, 0.4) is 0 Å². The lowest BCUT2D eigenvalue weighted by Gasteiger charge is -2.16. The van der Waals surface area contributed by atoms with Gasteiger partial charge in [-0.15, -0.1) is 0 Å². The number of halogens is 1. The molecule has 0 spiro atoms. The van der Waals surface area contributed by atoms with Gasteiger partial charge in [-0.2, -0.15) is 0 Å². The first-order valence-electron chi connectivity index (χ1n) is 9.59. The second-order valence-electron chi connectivity index (χ2n) is 7.21. The highest BCUT2D eigenvalue weighted by atomic mass is 35.5. The second kappa shape index (κ2) is 8.53. The van der Waals surface area contributed by atoms with E-state index < -0.39 is 0 Å². The SMILES string of the molecule is C.S=C1Cc2cnc(Nc3ccc(N4CCCC4)nc3)nc2-c2ccc(Cl)cc2N1. The molecule has 1 saturated heterocycles. The third-order valence-electron chi connectivity index (χ3n) is 5.16. The Morgan fingerprint density at radius 1 is 1.07 bits per heavy atom. The van der Waals surface area contributed by atoms with Crippen LogP contribution in [-0.4, -0.2) is 33.0 Å². The Labute approximate surface area is 186 Å². The van der Waals surface area contributed by atoms with Gasteiger partial charge in [0.2, 0.25) is 5.95 Å². The van der Waals surface area contributed by atoms with Crippen molar-refractivity contribution in [3.8, 4) is 11.3 Å². The summed E-state index contributed by atoms with van der Waals surface area (Å²) in [6.45, 7) is 2.15. The summed E-state index contributed by atoms with van der Waals surface area (Å²) in [5.74, 6) is 1.54. The fourth-order valence-electron chi connectivity index (χ4n) is 3.75. The van der Waals surface area contributed by atoms with Crippen molar-refractivity contribution in [2.75, 3.05) is 28.6 Å². The Bertz CT molecular complexity index is 1080. The van der Waals surface area contributed by atoms with Gasteiger partial charge < -0.3 is 15.5 Å². The molecule has 5 rings (SSSR count). The molecule has 2 aliphatic heterocycles. The number of nitrogens with zero attached hydrogens (tertiary/aromatic N) is 4. The average Bonchev–Trinajstić information content (AvgIpc) is 3.20. The van der Waals surface area contributed by atoms with Gasteiger partial charge in [-0.25, -0.2) is 15.0 Å². The van der Waals surface area contributed by atoms with Crippen molar-refractivity contribution in [2.45, 2.75) is 26.7 Å². The summed E-state index contributed by atoms with van der Waals surface area (Å²) in [6.07, 6.45) is 6.70. The van der Waals surface area contributed by atoms with Crippen LogP contribution >= 0.6 is 23.8 Å². The summed E-state index contributed by atoms with van der Waals surface area (Å²) >= 11 is 11.6. The van der Waals surface area contributed by atoms with E-state index in [1.54, 1.807) is 0 Å². The van der Waals surface area contributed by atoms with Crippen LogP contribution in [0.1, 0.15) is 25.8 Å². The zero-order chi connectivity index (χ0) is 19.8. The number of benzene rings is 1. The van der Waals surface area contributed by atoms with E-state index in [0.717, 1.165) is 52.1 Å². The molecule has 0 atom stereocenters. The molecule has 1 fully saturated rings. The highest BCUT2D eigenvalue weighted by Crippen LogP contribution is 2.35. The average molecular weight is 439 g/mol. The van der Waals surface area contributed by atoms with Gasteiger partial charge in [-0.05, 0) is 43.2 Å². The van der Waals surface area contributed by atoms with Crippen LogP contribution in [-0.2, 0) is 6.42 Å². The fraction of sp³-hybridized carbons (Fsp3) is 0.273. The Kier molecular flexibility index (Phi) is 5.83. The van der Waals surface area contributed by atoms with Crippen LogP contribution in [0.4, 0.5) is 23.1 Å². The van der Waals surface area contributed by atoms with Gasteiger partial charge in [-0.1, -0.05) is 31.2 Å². The zero-order valence-electron chi connectivity index (χ0n) is 15.7. The molecule has 0 saturated carbocycles. The Morgan fingerprint density at radius 3 is 2.67 bits per heavy atom. The summed E-state index contributed by atoms with van der Waals surface area (Å²) in [6, 6.07) is 9.74. The van der Waals surface area contributed by atoms with Crippen molar-refractivity contribution < 1.29 is 0 Å². The summed E-state index contributed by atoms with van der Waals surface area (Å²) in [4.78, 5) is 16.9. The van der Waals surface area contributed by atoms with E-state index >= 15 is 0 Å². The number of hydrogen-bond donors (Lipinski definition) is 2. The largest absolute Gasteiger partial charge is 0.357 e. The number of fused-ring (bicyclic) bond motifs is 3. The molecular formula is C22H23ClN6S. The number of aromatic nitrogens is 3. The maximum Gasteiger partial charge on any atom is 0.227 e. The third kappa shape index (κ3) is 4.08. The molecule has 0 radical (unpaired) electrons. The number of anilines is 4. The summed E-state index contributed by atoms with van der Waals surface area (Å²) in [7, 11) is 0. The summed E-state index contributed by atoms with van der Waals surface area (Å²) in [5.41, 5.74) is 4.51. The molecule has 1 aromatic carbocycles. The minimum Gasteiger partial charge on any atom is -0.357 e. The molecule has 4 heterocycles. The molecular weight excluding hydrogens is 416 g/mol. The first-order chi connectivity index (χ1) is 14.2. The molecule has 0 aliphatic carbocycles. The van der Waals surface area contributed by atoms with E-state index in [1.165, 1.54) is 12.8 Å². The smallest absolute Gasteiger partial charge is 0.227 e. The van der Waals surface area contributed by atoms with Crippen LogP contribution in [0, 0.1) is 0 Å². The van der Waals surface area contributed by atoms with Gasteiger partial charge in [-0.3, -0.25) is 0 Å². The lowest BCUT2D eigenvalue weighted by atomic mass is 10.1. The standard InChI is InChI=1S/C21H19ClN6S.CH4/c22-14-3-5-16-17(10-14)26-19(29)9-13-11-24-21(27-20(13)16)25-15-4-6-18(23-12-15)28-7-1-2-8-28;/h3-6,10-12H,1-2,7-9H2,(H,26,29)(H,24,25,27);1H4. The number of hydrogen-bond acceptors (Lipinski definition) is 6. The first-order valence-corrected chi connectivity index (χ1v) is 10.4. The fourth-order valence-corrected chi connectivity index (χ4v) is 4.18. The normalized spacial score (nSPS) is 14.8. The van der Waals surface area contributed by atoms with Gasteiger partial charge in [0.15, 0.2) is 0 Å². The van der Waals surface area contributed by atoms with E-state index in [2.05, 4.69) is 25.5 Å². The van der Waals surface area contributed by atoms with Crippen molar-refractivity contribution in [1.82, 2.24) is 15.0 Å². The number of pyridine rings is 1. The van der Waals surface area contributed by atoms with E-state index in [0.29, 0.717) is 17.4 Å². The molecule has 0 unspecified atom stereocenters. The topological polar surface area (TPSA) is 66.0 Å². The lowest BCUT2D eigenvalue weighted by molar-refractivity contribution is 0.938. The van der Waals surface area contributed by atoms with E-state index in [-0.39, 0.29) is 7.43 Å². The number of thiocarbonyl (C=S) groups is 1. The van der Waals surface area contributed by atoms with Crippen molar-refractivity contribution in [2.24, 2.45) is 0 Å². The monoisotopic (exact) mass is 438 g/mol. The van der Waals surface area contributed by atoms with Gasteiger partial charge in [0.25, 0.3) is 0 Å². The number of nitrogens with one attached hydrogen (secondary N) is 2. The summed E-state index contributed by atoms with van der Waals surface area (Å²) < 4.78 is 0. The highest BCUT2D eigenvalue weighted by Gasteiger charge is 2.20. The maximum atomic E-state index is 6.16. The molecule has 6 nitrogen and oxygen atoms in total. The van der Waals surface area contributed by atoms with Crippen LogP contribution in [0.15, 0.2) is 42.7 Å². The Morgan fingerprint density at radius 2 is 1.90 bits per heavy atom. The van der Waals surface area contributed by atoms with Crippen LogP contribution in [0.5, 0.6) is 0 Å². The molecule has 0 amide bonds. The molecule has 30 heavy (non-hydrogen) atoms. The Balaban J connectivity index is 0.00000218. The van der Waals surface area contributed by atoms with Gasteiger partial charge in [0.05, 0.1) is 22.6 Å². The minimum absolute atomic E-state index is 0. The molecule has 3 aromatic rings. The van der Waals surface area contributed by atoms with Crippen molar-refractivity contribution in [3.05, 3.63) is 53.3 Å². The van der Waals surface area contributed by atoms with Gasteiger partial charge >= 0.3 is 0 Å². The maximum absolute atomic E-state index is 6.16. The van der Waals surface area contributed by atoms with Crippen molar-refractivity contribution in [3.63, 3.8) is 0 Å². The minimum atomic E-state index is 0. The first kappa shape index (κ1) is 20.5. The quantitative estimate of drug-likeness (QED) is 0.525. The summed E-state index contributed by atoms with van der Waals surface area (Å²) in [5, 5.41) is 7.17. The van der Waals surface area contributed by atoms with E-state index in [9.17, 15) is 0 Å². The highest BCUT2D eigenvalue weighted by molar-refractivity contribution is 7.80. The zero-order valence-corrected chi connectivity index (χ0v) is 17.2. The van der Waals surface area contributed by atoms with Gasteiger partial charge in [0, 0.05) is 47.5 Å². The molecule has 2 N–H and O–H groups in total. The van der Waals surface area contributed by atoms with Crippen LogP contribution in [0.25, 0.3) is 11.3 Å². The third-order valence-corrected chi connectivity index (χ3v) is 5.64. The Hall–Kier alpha value is -2.77. The molecule has 154 valence electrons. The lowest BCUT2D eigenvalue weighted by Crippen LogP contribution is -2.18. The molecule has 8 heteroatoms. The van der Waals surface area contributed by atoms with Crippen molar-refractivity contribution >= 4 is 51.9 Å². The van der Waals surface area contributed by atoms with Gasteiger partial charge in [0.1, 0.15) is 5.82 Å². The van der Waals surface area contributed by atoms with Crippen LogP contribution in [0.2, 0.25) is 5.02 Å². The second-order valence-corrected chi connectivity index (χ2v) is 8.14. The molecule has 0 bridgehead atoms. The predicted molar refractivity (Wildman–Crippen MR) is 128 cm³/mol. The van der Waals surface area contributed by atoms with E-state index in [1.807, 2.05) is 42.7 Å². The van der Waals surface area contributed by atoms with Crippen molar-refractivity contribution in [1.29, 1.82) is 0 Å². The van der Waals surface area contributed by atoms with E-state index in [4.69, 9.17) is 28.8 Å². The number of rotatable bonds is 3. The van der Waals surface area contributed by atoms with Crippen LogP contribution < -0.4 is 15.5 Å².